The molecule has 0 aliphatic carbocycles. The monoisotopic (exact) mass is 472 g/mol. The maximum Gasteiger partial charge on any atom is 0.161 e. The van der Waals surface area contributed by atoms with Crippen molar-refractivity contribution in [3.05, 3.63) is 75.6 Å². The maximum absolute atomic E-state index is 10.0. The van der Waals surface area contributed by atoms with Crippen LogP contribution in [0.5, 0.6) is 11.5 Å². The molecule has 4 aromatic rings. The molecule has 7 nitrogen and oxygen atoms in total. The lowest BCUT2D eigenvalue weighted by Gasteiger charge is -2.27. The Bertz CT molecular complexity index is 1330. The zero-order valence-electron chi connectivity index (χ0n) is 18.9. The van der Waals surface area contributed by atoms with Crippen LogP contribution in [0.2, 0.25) is 0 Å². The first kappa shape index (κ1) is 22.1. The van der Waals surface area contributed by atoms with Crippen molar-refractivity contribution in [3.63, 3.8) is 0 Å². The second-order valence-electron chi connectivity index (χ2n) is 7.99. The van der Waals surface area contributed by atoms with Crippen molar-refractivity contribution in [1.82, 2.24) is 9.97 Å². The van der Waals surface area contributed by atoms with Crippen LogP contribution in [0.15, 0.2) is 53.4 Å². The normalized spacial score (nSPS) is 13.6. The van der Waals surface area contributed by atoms with Gasteiger partial charge in [-0.25, -0.2) is 4.98 Å². The summed E-state index contributed by atoms with van der Waals surface area (Å²) in [5.41, 5.74) is 4.95. The molecule has 2 aromatic heterocycles. The van der Waals surface area contributed by atoms with Crippen LogP contribution in [0.4, 0.5) is 5.82 Å². The summed E-state index contributed by atoms with van der Waals surface area (Å²) in [5.74, 6) is 2.14. The summed E-state index contributed by atoms with van der Waals surface area (Å²) < 4.78 is 17.0. The van der Waals surface area contributed by atoms with Crippen molar-refractivity contribution in [2.45, 2.75) is 13.0 Å². The Labute approximate surface area is 202 Å². The Hall–Kier alpha value is -3.67. The number of aromatic nitrogens is 2. The average Bonchev–Trinajstić information content (AvgIpc) is 3.41. The predicted molar refractivity (Wildman–Crippen MR) is 132 cm³/mol. The average molecular weight is 473 g/mol. The van der Waals surface area contributed by atoms with E-state index in [0.717, 1.165) is 35.6 Å². The number of hydrogen-bond acceptors (Lipinski definition) is 8. The van der Waals surface area contributed by atoms with Crippen LogP contribution < -0.4 is 14.4 Å². The molecule has 172 valence electrons. The Morgan fingerprint density at radius 2 is 2.00 bits per heavy atom. The van der Waals surface area contributed by atoms with E-state index in [4.69, 9.17) is 19.2 Å². The van der Waals surface area contributed by atoms with Gasteiger partial charge in [-0.15, -0.1) is 0 Å². The van der Waals surface area contributed by atoms with Gasteiger partial charge >= 0.3 is 0 Å². The molecule has 0 spiro atoms. The third-order valence-corrected chi connectivity index (χ3v) is 6.56. The van der Waals surface area contributed by atoms with Gasteiger partial charge in [0.1, 0.15) is 24.0 Å². The quantitative estimate of drug-likeness (QED) is 0.389. The second-order valence-corrected chi connectivity index (χ2v) is 8.77. The number of methoxy groups -OCH3 is 1. The van der Waals surface area contributed by atoms with Gasteiger partial charge in [-0.2, -0.15) is 16.6 Å². The van der Waals surface area contributed by atoms with Gasteiger partial charge in [0.05, 0.1) is 37.6 Å². The number of fused-ring (bicyclic) bond motifs is 1. The van der Waals surface area contributed by atoms with E-state index in [1.165, 1.54) is 0 Å². The van der Waals surface area contributed by atoms with Gasteiger partial charge in [0.15, 0.2) is 11.5 Å². The summed E-state index contributed by atoms with van der Waals surface area (Å²) in [7, 11) is 1.63. The van der Waals surface area contributed by atoms with Gasteiger partial charge < -0.3 is 19.1 Å². The number of benzene rings is 2. The molecule has 5 rings (SSSR count). The summed E-state index contributed by atoms with van der Waals surface area (Å²) >= 11 is 1.65. The summed E-state index contributed by atoms with van der Waals surface area (Å²) in [6.07, 6.45) is 2.34. The summed E-state index contributed by atoms with van der Waals surface area (Å²) in [6.45, 7) is 3.36. The minimum atomic E-state index is 0.493. The molecule has 8 heteroatoms. The summed E-state index contributed by atoms with van der Waals surface area (Å²) in [6, 6.07) is 14.2. The van der Waals surface area contributed by atoms with Crippen molar-refractivity contribution in [2.75, 3.05) is 38.3 Å². The first-order valence-electron chi connectivity index (χ1n) is 11.1. The fourth-order valence-corrected chi connectivity index (χ4v) is 4.68. The molecule has 2 aromatic carbocycles. The highest BCUT2D eigenvalue weighted by atomic mass is 32.1. The highest BCUT2D eigenvalue weighted by Gasteiger charge is 2.17. The Kier molecular flexibility index (Phi) is 6.56. The molecule has 1 aliphatic heterocycles. The highest BCUT2D eigenvalue weighted by molar-refractivity contribution is 7.07. The molecular weight excluding hydrogens is 448 g/mol. The highest BCUT2D eigenvalue weighted by Crippen LogP contribution is 2.31. The van der Waals surface area contributed by atoms with Gasteiger partial charge in [0.25, 0.3) is 0 Å². The number of anilines is 1. The molecule has 1 fully saturated rings. The summed E-state index contributed by atoms with van der Waals surface area (Å²) in [4.78, 5) is 11.5. The molecular formula is C26H24N4O3S. The van der Waals surface area contributed by atoms with Gasteiger partial charge in [-0.3, -0.25) is 4.98 Å². The Morgan fingerprint density at radius 3 is 2.76 bits per heavy atom. The molecule has 1 aliphatic rings. The van der Waals surface area contributed by atoms with Crippen LogP contribution in [0.25, 0.3) is 11.0 Å². The molecule has 0 amide bonds. The number of thiophene rings is 1. The zero-order chi connectivity index (χ0) is 23.3. The first-order valence-corrected chi connectivity index (χ1v) is 12.0. The minimum absolute atomic E-state index is 0.493. The van der Waals surface area contributed by atoms with E-state index in [1.54, 1.807) is 24.6 Å². The van der Waals surface area contributed by atoms with Crippen LogP contribution in [0.3, 0.4) is 0 Å². The van der Waals surface area contributed by atoms with Gasteiger partial charge in [0, 0.05) is 13.1 Å². The van der Waals surface area contributed by atoms with Crippen LogP contribution in [0.1, 0.15) is 22.3 Å². The fourth-order valence-electron chi connectivity index (χ4n) is 4.02. The van der Waals surface area contributed by atoms with Crippen molar-refractivity contribution >= 4 is 28.2 Å². The number of morpholine rings is 1. The second kappa shape index (κ2) is 10.1. The van der Waals surface area contributed by atoms with Crippen LogP contribution in [-0.2, 0) is 17.8 Å². The van der Waals surface area contributed by atoms with E-state index in [2.05, 4.69) is 21.3 Å². The van der Waals surface area contributed by atoms with Gasteiger partial charge in [0.2, 0.25) is 0 Å². The van der Waals surface area contributed by atoms with Crippen molar-refractivity contribution in [3.8, 4) is 17.6 Å². The SMILES string of the molecule is COc1cc(Cc2ccc3ncc(N4CCOCC4)nc3c2C#N)ccc1OCc1ccsc1. The van der Waals surface area contributed by atoms with E-state index in [9.17, 15) is 5.26 Å². The van der Waals surface area contributed by atoms with Crippen LogP contribution in [0, 0.1) is 11.3 Å². The largest absolute Gasteiger partial charge is 0.493 e. The number of ether oxygens (including phenoxy) is 3. The molecule has 34 heavy (non-hydrogen) atoms. The maximum atomic E-state index is 10.0. The van der Waals surface area contributed by atoms with E-state index in [1.807, 2.05) is 41.8 Å². The standard InChI is InChI=1S/C26H24N4O3S/c1-31-24-13-18(2-5-23(24)33-16-19-6-11-34-17-19)12-20-3-4-22-26(21(20)14-27)29-25(15-28-22)30-7-9-32-10-8-30/h2-6,11,13,15,17H,7-10,12,16H2,1H3. The lowest BCUT2D eigenvalue weighted by molar-refractivity contribution is 0.122. The molecule has 0 bridgehead atoms. The number of nitriles is 1. The lowest BCUT2D eigenvalue weighted by Crippen LogP contribution is -2.36. The van der Waals surface area contributed by atoms with Crippen molar-refractivity contribution in [2.24, 2.45) is 0 Å². The van der Waals surface area contributed by atoms with E-state index in [0.29, 0.717) is 54.3 Å². The van der Waals surface area contributed by atoms with Gasteiger partial charge in [-0.1, -0.05) is 12.1 Å². The van der Waals surface area contributed by atoms with E-state index < -0.39 is 0 Å². The van der Waals surface area contributed by atoms with Gasteiger partial charge in [-0.05, 0) is 58.1 Å². The smallest absolute Gasteiger partial charge is 0.161 e. The zero-order valence-corrected chi connectivity index (χ0v) is 19.7. The molecule has 0 atom stereocenters. The summed E-state index contributed by atoms with van der Waals surface area (Å²) in [5, 5.41) is 14.1. The fraction of sp³-hybridized carbons (Fsp3) is 0.269. The Balaban J connectivity index is 1.41. The van der Waals surface area contributed by atoms with E-state index in [-0.39, 0.29) is 0 Å². The molecule has 1 saturated heterocycles. The van der Waals surface area contributed by atoms with Crippen LogP contribution in [-0.4, -0.2) is 43.4 Å². The van der Waals surface area contributed by atoms with E-state index >= 15 is 0 Å². The molecule has 0 N–H and O–H groups in total. The van der Waals surface area contributed by atoms with Crippen LogP contribution >= 0.6 is 11.3 Å². The topological polar surface area (TPSA) is 80.5 Å². The number of rotatable bonds is 7. The molecule has 3 heterocycles. The van der Waals surface area contributed by atoms with Crippen molar-refractivity contribution in [1.29, 1.82) is 5.26 Å². The first-order chi connectivity index (χ1) is 16.7. The third kappa shape index (κ3) is 4.67. The number of hydrogen-bond donors (Lipinski definition) is 0. The molecule has 0 radical (unpaired) electrons. The van der Waals surface area contributed by atoms with Crippen molar-refractivity contribution < 1.29 is 14.2 Å². The molecule has 0 unspecified atom stereocenters. The molecule has 0 saturated carbocycles. The Morgan fingerprint density at radius 1 is 1.12 bits per heavy atom. The lowest BCUT2D eigenvalue weighted by atomic mass is 9.98. The predicted octanol–water partition coefficient (Wildman–Crippen LogP) is 4.58. The minimum Gasteiger partial charge on any atom is -0.493 e. The third-order valence-electron chi connectivity index (χ3n) is 5.83. The number of nitrogens with zero attached hydrogens (tertiary/aromatic N) is 4.